The van der Waals surface area contributed by atoms with Gasteiger partial charge >= 0.3 is 5.69 Å². The minimum absolute atomic E-state index is 0.344. The molecule has 1 heterocycles. The van der Waals surface area contributed by atoms with E-state index >= 15 is 0 Å². The summed E-state index contributed by atoms with van der Waals surface area (Å²) in [7, 11) is 0. The third kappa shape index (κ3) is 2.87. The summed E-state index contributed by atoms with van der Waals surface area (Å²) in [5, 5.41) is 0. The summed E-state index contributed by atoms with van der Waals surface area (Å²) < 4.78 is 5.08. The summed E-state index contributed by atoms with van der Waals surface area (Å²) in [6, 6.07) is 0. The molecule has 0 spiro atoms. The van der Waals surface area contributed by atoms with Crippen LogP contribution in [0.4, 0.5) is 0 Å². The zero-order chi connectivity index (χ0) is 9.68. The fraction of sp³-hybridized carbons (Fsp3) is 0.500. The molecule has 1 rings (SSSR count). The van der Waals surface area contributed by atoms with Crippen LogP contribution in [-0.4, -0.2) is 23.2 Å². The van der Waals surface area contributed by atoms with Crippen molar-refractivity contribution in [1.82, 2.24) is 9.97 Å². The molecule has 0 unspecified atom stereocenters. The summed E-state index contributed by atoms with van der Waals surface area (Å²) in [4.78, 5) is 26.3. The van der Waals surface area contributed by atoms with Crippen LogP contribution in [0, 0.1) is 0 Å². The molecule has 0 radical (unpaired) electrons. The van der Waals surface area contributed by atoms with Crippen LogP contribution in [0.3, 0.4) is 0 Å². The van der Waals surface area contributed by atoms with Gasteiger partial charge in [-0.2, -0.15) is 0 Å². The maximum Gasteiger partial charge on any atom is 0.325 e. The molecule has 0 aromatic carbocycles. The molecule has 0 aliphatic carbocycles. The zero-order valence-electron chi connectivity index (χ0n) is 7.42. The van der Waals surface area contributed by atoms with E-state index in [1.165, 1.54) is 6.20 Å². The molecule has 0 amide bonds. The Morgan fingerprint density at radius 2 is 2.23 bits per heavy atom. The third-order valence-corrected chi connectivity index (χ3v) is 1.62. The molecular formula is C8H12N2O3. The molecular weight excluding hydrogens is 172 g/mol. The second-order valence-corrected chi connectivity index (χ2v) is 2.54. The molecule has 0 bridgehead atoms. The van der Waals surface area contributed by atoms with Crippen LogP contribution in [0.25, 0.3) is 0 Å². The van der Waals surface area contributed by atoms with Crippen molar-refractivity contribution in [3.05, 3.63) is 32.6 Å². The van der Waals surface area contributed by atoms with Gasteiger partial charge < -0.3 is 9.72 Å². The molecule has 13 heavy (non-hydrogen) atoms. The van der Waals surface area contributed by atoms with Crippen LogP contribution in [0.1, 0.15) is 12.5 Å². The molecule has 0 fully saturated rings. The molecule has 2 N–H and O–H groups in total. The summed E-state index contributed by atoms with van der Waals surface area (Å²) in [6.07, 6.45) is 1.93. The maximum atomic E-state index is 11.1. The highest BCUT2D eigenvalue weighted by molar-refractivity contribution is 5.02. The lowest BCUT2D eigenvalue weighted by atomic mass is 10.2. The van der Waals surface area contributed by atoms with Crippen LogP contribution in [0.2, 0.25) is 0 Å². The minimum Gasteiger partial charge on any atom is -0.381 e. The lowest BCUT2D eigenvalue weighted by Gasteiger charge is -1.99. The van der Waals surface area contributed by atoms with Gasteiger partial charge in [-0.25, -0.2) is 4.79 Å². The van der Waals surface area contributed by atoms with Crippen molar-refractivity contribution in [3.63, 3.8) is 0 Å². The third-order valence-electron chi connectivity index (χ3n) is 1.62. The van der Waals surface area contributed by atoms with E-state index in [9.17, 15) is 9.59 Å². The first-order valence-electron chi connectivity index (χ1n) is 4.12. The van der Waals surface area contributed by atoms with E-state index in [1.54, 1.807) is 0 Å². The molecule has 0 atom stereocenters. The van der Waals surface area contributed by atoms with Crippen LogP contribution in [-0.2, 0) is 11.2 Å². The average molecular weight is 184 g/mol. The van der Waals surface area contributed by atoms with Crippen LogP contribution in [0.15, 0.2) is 15.8 Å². The Morgan fingerprint density at radius 3 is 2.85 bits per heavy atom. The highest BCUT2D eigenvalue weighted by Gasteiger charge is 1.98. The van der Waals surface area contributed by atoms with Gasteiger partial charge in [0, 0.05) is 24.8 Å². The van der Waals surface area contributed by atoms with Crippen molar-refractivity contribution in [2.75, 3.05) is 13.2 Å². The van der Waals surface area contributed by atoms with Gasteiger partial charge in [0.15, 0.2) is 0 Å². The number of ether oxygens (including phenoxy) is 1. The van der Waals surface area contributed by atoms with Crippen molar-refractivity contribution >= 4 is 0 Å². The standard InChI is InChI=1S/C8H12N2O3/c1-2-13-4-3-6-5-9-8(12)10-7(6)11/h5H,2-4H2,1H3,(H2,9,10,11,12). The summed E-state index contributed by atoms with van der Waals surface area (Å²) in [5.41, 5.74) is -0.290. The van der Waals surface area contributed by atoms with Crippen molar-refractivity contribution in [3.8, 4) is 0 Å². The van der Waals surface area contributed by atoms with E-state index in [0.717, 1.165) is 0 Å². The first-order chi connectivity index (χ1) is 6.24. The molecule has 1 aromatic rings. The maximum absolute atomic E-state index is 11.1. The van der Waals surface area contributed by atoms with Gasteiger partial charge in [-0.3, -0.25) is 9.78 Å². The second kappa shape index (κ2) is 4.61. The van der Waals surface area contributed by atoms with E-state index in [4.69, 9.17) is 4.74 Å². The number of H-pyrrole nitrogens is 2. The molecule has 72 valence electrons. The lowest BCUT2D eigenvalue weighted by molar-refractivity contribution is 0.150. The van der Waals surface area contributed by atoms with E-state index in [0.29, 0.717) is 25.2 Å². The predicted octanol–water partition coefficient (Wildman–Crippen LogP) is -0.358. The summed E-state index contributed by atoms with van der Waals surface area (Å²) >= 11 is 0. The number of rotatable bonds is 4. The molecule has 1 aromatic heterocycles. The smallest absolute Gasteiger partial charge is 0.325 e. The van der Waals surface area contributed by atoms with Crippen LogP contribution < -0.4 is 11.2 Å². The number of hydrogen-bond acceptors (Lipinski definition) is 3. The van der Waals surface area contributed by atoms with Gasteiger partial charge in [0.2, 0.25) is 0 Å². The van der Waals surface area contributed by atoms with E-state index < -0.39 is 5.69 Å². The van der Waals surface area contributed by atoms with E-state index in [2.05, 4.69) is 9.97 Å². The highest BCUT2D eigenvalue weighted by atomic mass is 16.5. The molecule has 0 aliphatic rings. The normalized spacial score (nSPS) is 10.2. The molecule has 0 saturated heterocycles. The molecule has 5 nitrogen and oxygen atoms in total. The first kappa shape index (κ1) is 9.73. The molecule has 5 heteroatoms. The zero-order valence-corrected chi connectivity index (χ0v) is 7.42. The SMILES string of the molecule is CCOCCc1c[nH]c(=O)[nH]c1=O. The van der Waals surface area contributed by atoms with Crippen molar-refractivity contribution in [2.45, 2.75) is 13.3 Å². The average Bonchev–Trinajstić information content (AvgIpc) is 2.09. The van der Waals surface area contributed by atoms with Gasteiger partial charge in [0.1, 0.15) is 0 Å². The van der Waals surface area contributed by atoms with Gasteiger partial charge in [-0.05, 0) is 6.92 Å². The Labute approximate surface area is 74.8 Å². The largest absolute Gasteiger partial charge is 0.381 e. The summed E-state index contributed by atoms with van der Waals surface area (Å²) in [6.45, 7) is 3.00. The number of aromatic nitrogens is 2. The highest BCUT2D eigenvalue weighted by Crippen LogP contribution is 1.87. The van der Waals surface area contributed by atoms with Crippen molar-refractivity contribution < 1.29 is 4.74 Å². The Hall–Kier alpha value is -1.36. The number of nitrogens with one attached hydrogen (secondary N) is 2. The molecule has 0 saturated carbocycles. The van der Waals surface area contributed by atoms with Crippen LogP contribution >= 0.6 is 0 Å². The van der Waals surface area contributed by atoms with Gasteiger partial charge in [0.25, 0.3) is 5.56 Å². The van der Waals surface area contributed by atoms with E-state index in [1.807, 2.05) is 6.92 Å². The van der Waals surface area contributed by atoms with Gasteiger partial charge in [-0.1, -0.05) is 0 Å². The Bertz CT molecular complexity index is 366. The number of hydrogen-bond donors (Lipinski definition) is 2. The van der Waals surface area contributed by atoms with Crippen molar-refractivity contribution in [2.24, 2.45) is 0 Å². The Morgan fingerprint density at radius 1 is 1.46 bits per heavy atom. The monoisotopic (exact) mass is 184 g/mol. The van der Waals surface area contributed by atoms with E-state index in [-0.39, 0.29) is 5.56 Å². The second-order valence-electron chi connectivity index (χ2n) is 2.54. The Kier molecular flexibility index (Phi) is 3.45. The lowest BCUT2D eigenvalue weighted by Crippen LogP contribution is -2.25. The molecule has 0 aliphatic heterocycles. The van der Waals surface area contributed by atoms with Crippen LogP contribution in [0.5, 0.6) is 0 Å². The van der Waals surface area contributed by atoms with Gasteiger partial charge in [-0.15, -0.1) is 0 Å². The topological polar surface area (TPSA) is 75.0 Å². The Balaban J connectivity index is 2.67. The minimum atomic E-state index is -0.481. The summed E-state index contributed by atoms with van der Waals surface area (Å²) in [5.74, 6) is 0. The van der Waals surface area contributed by atoms with Crippen molar-refractivity contribution in [1.29, 1.82) is 0 Å². The quantitative estimate of drug-likeness (QED) is 0.627. The fourth-order valence-electron chi connectivity index (χ4n) is 0.950. The first-order valence-corrected chi connectivity index (χ1v) is 4.12. The fourth-order valence-corrected chi connectivity index (χ4v) is 0.950. The number of aromatic amines is 2. The predicted molar refractivity (Wildman–Crippen MR) is 47.9 cm³/mol. The van der Waals surface area contributed by atoms with Gasteiger partial charge in [0.05, 0.1) is 6.61 Å².